The normalized spacial score (nSPS) is 12.5. The molecule has 1 heterocycles. The molecule has 0 radical (unpaired) electrons. The number of aliphatic hydroxyl groups is 1. The van der Waals surface area contributed by atoms with Gasteiger partial charge in [-0.05, 0) is 15.8 Å². The fraction of sp³-hybridized carbons (Fsp3) is 0.636. The highest BCUT2D eigenvalue weighted by molar-refractivity contribution is 5.75. The number of imidazole rings is 1. The number of amides is 1. The number of nitro groups is 1. The SMILES string of the molecule is Cc1nc([N+](=O)[O-])cn1CC(=O)NCC(O)C(C)C. The van der Waals surface area contributed by atoms with Crippen LogP contribution in [0.15, 0.2) is 6.20 Å². The third-order valence-corrected chi connectivity index (χ3v) is 2.74. The lowest BCUT2D eigenvalue weighted by Gasteiger charge is -2.15. The Balaban J connectivity index is 2.55. The van der Waals surface area contributed by atoms with Crippen LogP contribution < -0.4 is 5.32 Å². The van der Waals surface area contributed by atoms with E-state index in [1.54, 1.807) is 6.92 Å². The van der Waals surface area contributed by atoms with E-state index in [0.29, 0.717) is 5.82 Å². The van der Waals surface area contributed by atoms with Gasteiger partial charge in [-0.25, -0.2) is 0 Å². The number of carbonyl (C=O) groups excluding carboxylic acids is 1. The molecule has 0 fully saturated rings. The minimum absolute atomic E-state index is 0.0522. The van der Waals surface area contributed by atoms with E-state index in [9.17, 15) is 20.0 Å². The number of aromatic nitrogens is 2. The lowest BCUT2D eigenvalue weighted by Crippen LogP contribution is -2.36. The molecule has 0 saturated carbocycles. The summed E-state index contributed by atoms with van der Waals surface area (Å²) in [6.07, 6.45) is 0.607. The molecule has 106 valence electrons. The summed E-state index contributed by atoms with van der Waals surface area (Å²) in [6, 6.07) is 0. The van der Waals surface area contributed by atoms with Crippen molar-refractivity contribution >= 4 is 11.7 Å². The molecule has 0 aliphatic heterocycles. The average Bonchev–Trinajstić information content (AvgIpc) is 2.68. The van der Waals surface area contributed by atoms with Gasteiger partial charge < -0.3 is 20.5 Å². The number of hydrogen-bond acceptors (Lipinski definition) is 5. The predicted molar refractivity (Wildman–Crippen MR) is 67.5 cm³/mol. The number of nitrogens with one attached hydrogen (secondary N) is 1. The fourth-order valence-electron chi connectivity index (χ4n) is 1.40. The zero-order chi connectivity index (χ0) is 14.6. The van der Waals surface area contributed by atoms with Gasteiger partial charge in [-0.3, -0.25) is 9.36 Å². The fourth-order valence-corrected chi connectivity index (χ4v) is 1.40. The minimum atomic E-state index is -0.609. The lowest BCUT2D eigenvalue weighted by molar-refractivity contribution is -0.389. The van der Waals surface area contributed by atoms with E-state index in [-0.39, 0.29) is 30.7 Å². The van der Waals surface area contributed by atoms with Gasteiger partial charge >= 0.3 is 5.82 Å². The standard InChI is InChI=1S/C11H18N4O4/c1-7(2)9(16)4-12-11(17)6-14-5-10(15(18)19)13-8(14)3/h5,7,9,16H,4,6H2,1-3H3,(H,12,17). The first-order chi connectivity index (χ1) is 8.81. The third kappa shape index (κ3) is 4.32. The van der Waals surface area contributed by atoms with Gasteiger partial charge in [-0.1, -0.05) is 13.8 Å². The Bertz CT molecular complexity index is 469. The molecule has 1 aromatic heterocycles. The summed E-state index contributed by atoms with van der Waals surface area (Å²) in [5.41, 5.74) is 0. The molecule has 0 aliphatic rings. The molecular weight excluding hydrogens is 252 g/mol. The molecule has 8 heteroatoms. The molecular formula is C11H18N4O4. The second kappa shape index (κ2) is 6.28. The Morgan fingerprint density at radius 3 is 2.74 bits per heavy atom. The van der Waals surface area contributed by atoms with E-state index < -0.39 is 11.0 Å². The number of carbonyl (C=O) groups is 1. The Morgan fingerprint density at radius 2 is 2.26 bits per heavy atom. The van der Waals surface area contributed by atoms with Crippen LogP contribution in [0, 0.1) is 23.0 Å². The summed E-state index contributed by atoms with van der Waals surface area (Å²) >= 11 is 0. The summed E-state index contributed by atoms with van der Waals surface area (Å²) in [5.74, 6) is -0.162. The highest BCUT2D eigenvalue weighted by atomic mass is 16.6. The van der Waals surface area contributed by atoms with Crippen LogP contribution in [0.3, 0.4) is 0 Å². The maximum absolute atomic E-state index is 11.6. The van der Waals surface area contributed by atoms with Gasteiger partial charge in [0.05, 0.1) is 6.10 Å². The Morgan fingerprint density at radius 1 is 1.63 bits per heavy atom. The number of hydrogen-bond donors (Lipinski definition) is 2. The van der Waals surface area contributed by atoms with Crippen LogP contribution in [0.2, 0.25) is 0 Å². The van der Waals surface area contributed by atoms with E-state index in [2.05, 4.69) is 10.3 Å². The summed E-state index contributed by atoms with van der Waals surface area (Å²) in [4.78, 5) is 25.3. The van der Waals surface area contributed by atoms with Crippen molar-refractivity contribution in [2.45, 2.75) is 33.4 Å². The second-order valence-electron chi connectivity index (χ2n) is 4.65. The van der Waals surface area contributed by atoms with E-state index >= 15 is 0 Å². The molecule has 1 unspecified atom stereocenters. The van der Waals surface area contributed by atoms with Gasteiger partial charge in [0.2, 0.25) is 11.7 Å². The van der Waals surface area contributed by atoms with Crippen molar-refractivity contribution in [3.8, 4) is 0 Å². The van der Waals surface area contributed by atoms with Crippen LogP contribution in [0.25, 0.3) is 0 Å². The number of aryl methyl sites for hydroxylation is 1. The van der Waals surface area contributed by atoms with E-state index in [0.717, 1.165) is 0 Å². The van der Waals surface area contributed by atoms with E-state index in [4.69, 9.17) is 0 Å². The van der Waals surface area contributed by atoms with Crippen molar-refractivity contribution in [1.82, 2.24) is 14.9 Å². The van der Waals surface area contributed by atoms with Crippen LogP contribution in [0.4, 0.5) is 5.82 Å². The van der Waals surface area contributed by atoms with Crippen molar-refractivity contribution in [2.24, 2.45) is 5.92 Å². The molecule has 8 nitrogen and oxygen atoms in total. The Hall–Kier alpha value is -1.96. The van der Waals surface area contributed by atoms with Crippen molar-refractivity contribution in [1.29, 1.82) is 0 Å². The Labute approximate surface area is 110 Å². The molecule has 1 rings (SSSR count). The highest BCUT2D eigenvalue weighted by Crippen LogP contribution is 2.09. The van der Waals surface area contributed by atoms with Crippen LogP contribution in [0.1, 0.15) is 19.7 Å². The molecule has 0 bridgehead atoms. The summed E-state index contributed by atoms with van der Waals surface area (Å²) < 4.78 is 1.40. The third-order valence-electron chi connectivity index (χ3n) is 2.74. The zero-order valence-corrected chi connectivity index (χ0v) is 11.2. The number of rotatable bonds is 6. The molecule has 1 aromatic rings. The smallest absolute Gasteiger partial charge is 0.381 e. The quantitative estimate of drug-likeness (QED) is 0.568. The van der Waals surface area contributed by atoms with Crippen molar-refractivity contribution < 1.29 is 14.8 Å². The monoisotopic (exact) mass is 270 g/mol. The molecule has 0 saturated heterocycles. The second-order valence-corrected chi connectivity index (χ2v) is 4.65. The molecule has 0 aromatic carbocycles. The maximum Gasteiger partial charge on any atom is 0.381 e. The molecule has 19 heavy (non-hydrogen) atoms. The van der Waals surface area contributed by atoms with Crippen molar-refractivity contribution in [2.75, 3.05) is 6.54 Å². The first-order valence-corrected chi connectivity index (χ1v) is 5.94. The van der Waals surface area contributed by atoms with Gasteiger partial charge in [-0.2, -0.15) is 0 Å². The van der Waals surface area contributed by atoms with Crippen LogP contribution in [0.5, 0.6) is 0 Å². The summed E-state index contributed by atoms with van der Waals surface area (Å²) in [7, 11) is 0. The molecule has 0 aliphatic carbocycles. The zero-order valence-electron chi connectivity index (χ0n) is 11.2. The van der Waals surface area contributed by atoms with Gasteiger partial charge in [-0.15, -0.1) is 0 Å². The van der Waals surface area contributed by atoms with Crippen molar-refractivity contribution in [3.63, 3.8) is 0 Å². The molecule has 1 atom stereocenters. The maximum atomic E-state index is 11.6. The largest absolute Gasteiger partial charge is 0.391 e. The van der Waals surface area contributed by atoms with Crippen LogP contribution in [-0.4, -0.2) is 38.1 Å². The van der Waals surface area contributed by atoms with Gasteiger partial charge in [0, 0.05) is 13.5 Å². The van der Waals surface area contributed by atoms with Crippen LogP contribution in [-0.2, 0) is 11.3 Å². The Kier molecular flexibility index (Phi) is 4.99. The topological polar surface area (TPSA) is 110 Å². The van der Waals surface area contributed by atoms with E-state index in [1.165, 1.54) is 10.8 Å². The van der Waals surface area contributed by atoms with Gasteiger partial charge in [0.15, 0.2) is 0 Å². The molecule has 0 spiro atoms. The van der Waals surface area contributed by atoms with Gasteiger partial charge in [0.25, 0.3) is 0 Å². The molecule has 1 amide bonds. The first-order valence-electron chi connectivity index (χ1n) is 5.94. The van der Waals surface area contributed by atoms with Crippen LogP contribution >= 0.6 is 0 Å². The minimum Gasteiger partial charge on any atom is -0.391 e. The predicted octanol–water partition coefficient (Wildman–Crippen LogP) is 0.233. The number of aliphatic hydroxyl groups excluding tert-OH is 1. The average molecular weight is 270 g/mol. The summed E-state index contributed by atoms with van der Waals surface area (Å²) in [6.45, 7) is 5.38. The summed E-state index contributed by atoms with van der Waals surface area (Å²) in [5, 5.41) is 22.7. The van der Waals surface area contributed by atoms with Crippen molar-refractivity contribution in [3.05, 3.63) is 22.1 Å². The van der Waals surface area contributed by atoms with Gasteiger partial charge in [0.1, 0.15) is 12.7 Å². The number of nitrogens with zero attached hydrogens (tertiary/aromatic N) is 3. The first kappa shape index (κ1) is 15.1. The highest BCUT2D eigenvalue weighted by Gasteiger charge is 2.17. The molecule has 2 N–H and O–H groups in total. The lowest BCUT2D eigenvalue weighted by atomic mass is 10.1. The van der Waals surface area contributed by atoms with E-state index in [1.807, 2.05) is 13.8 Å².